The summed E-state index contributed by atoms with van der Waals surface area (Å²) < 4.78 is 22.3. The van der Waals surface area contributed by atoms with Crippen molar-refractivity contribution in [2.45, 2.75) is 148 Å². The van der Waals surface area contributed by atoms with Crippen molar-refractivity contribution < 1.29 is 42.9 Å². The van der Waals surface area contributed by atoms with E-state index in [4.69, 9.17) is 18.9 Å². The lowest BCUT2D eigenvalue weighted by molar-refractivity contribution is -0.870. The van der Waals surface area contributed by atoms with Gasteiger partial charge >= 0.3 is 11.9 Å². The van der Waals surface area contributed by atoms with E-state index >= 15 is 0 Å². The highest BCUT2D eigenvalue weighted by atomic mass is 16.7. The van der Waals surface area contributed by atoms with Crippen molar-refractivity contribution >= 4 is 17.9 Å². The van der Waals surface area contributed by atoms with Gasteiger partial charge in [0.05, 0.1) is 40.3 Å². The van der Waals surface area contributed by atoms with E-state index in [0.717, 1.165) is 64.2 Å². The van der Waals surface area contributed by atoms with E-state index in [1.165, 1.54) is 38.5 Å². The molecule has 0 aliphatic carbocycles. The zero-order valence-electron chi connectivity index (χ0n) is 33.4. The SMILES string of the molecule is CC/C=C\C/C=C\C/C=C\C/C=C\CCC(=O)OC(COC(=O)CCCCCCC/C=C\CCCCCCC)COC(OCC[N+](C)(C)C)C(=O)[O-]. The third kappa shape index (κ3) is 35.4. The molecule has 0 aromatic rings. The highest BCUT2D eigenvalue weighted by Gasteiger charge is 2.21. The molecule has 0 spiro atoms. The number of likely N-dealkylation sites (N-methyl/N-ethyl adjacent to an activating group) is 1. The fourth-order valence-electron chi connectivity index (χ4n) is 4.89. The molecule has 0 rings (SSSR count). The molecule has 0 aliphatic rings. The number of quaternary nitrogens is 1. The topological polar surface area (TPSA) is 111 Å². The van der Waals surface area contributed by atoms with Gasteiger partial charge in [-0.25, -0.2) is 0 Å². The van der Waals surface area contributed by atoms with Crippen LogP contribution in [0.3, 0.4) is 0 Å². The second kappa shape index (κ2) is 35.0. The lowest BCUT2D eigenvalue weighted by atomic mass is 10.1. The normalized spacial score (nSPS) is 13.6. The maximum Gasteiger partial charge on any atom is 0.306 e. The van der Waals surface area contributed by atoms with Crippen LogP contribution in [0.25, 0.3) is 0 Å². The number of rotatable bonds is 35. The number of carbonyl (C=O) groups excluding carboxylic acids is 3. The Bertz CT molecular complexity index is 1040. The van der Waals surface area contributed by atoms with Crippen molar-refractivity contribution in [1.29, 1.82) is 0 Å². The second-order valence-electron chi connectivity index (χ2n) is 14.2. The Morgan fingerprint density at radius 2 is 1.13 bits per heavy atom. The van der Waals surface area contributed by atoms with E-state index in [1.807, 2.05) is 33.3 Å². The lowest BCUT2D eigenvalue weighted by Crippen LogP contribution is -2.44. The summed E-state index contributed by atoms with van der Waals surface area (Å²) in [5.74, 6) is -2.42. The van der Waals surface area contributed by atoms with E-state index in [0.29, 0.717) is 17.4 Å². The molecule has 9 heteroatoms. The number of nitrogens with zero attached hydrogens (tertiary/aromatic N) is 1. The van der Waals surface area contributed by atoms with Crippen LogP contribution < -0.4 is 5.11 Å². The first kappa shape index (κ1) is 49.0. The zero-order valence-corrected chi connectivity index (χ0v) is 33.4. The molecule has 2 atom stereocenters. The van der Waals surface area contributed by atoms with Crippen LogP contribution in [0.5, 0.6) is 0 Å². The van der Waals surface area contributed by atoms with Gasteiger partial charge in [0.25, 0.3) is 0 Å². The van der Waals surface area contributed by atoms with E-state index in [1.54, 1.807) is 0 Å². The summed E-state index contributed by atoms with van der Waals surface area (Å²) in [5, 5.41) is 11.6. The highest BCUT2D eigenvalue weighted by Crippen LogP contribution is 2.11. The predicted octanol–water partition coefficient (Wildman–Crippen LogP) is 8.49. The van der Waals surface area contributed by atoms with Gasteiger partial charge in [0.2, 0.25) is 0 Å². The fraction of sp³-hybridized carbons (Fsp3) is 0.698. The highest BCUT2D eigenvalue weighted by molar-refractivity contribution is 5.70. The van der Waals surface area contributed by atoms with Crippen LogP contribution in [0.2, 0.25) is 0 Å². The van der Waals surface area contributed by atoms with Crippen molar-refractivity contribution in [3.8, 4) is 0 Å². The number of allylic oxidation sites excluding steroid dienone is 10. The number of carbonyl (C=O) groups is 3. The minimum absolute atomic E-state index is 0.122. The molecule has 0 radical (unpaired) electrons. The van der Waals surface area contributed by atoms with Crippen LogP contribution in [0, 0.1) is 0 Å². The Morgan fingerprint density at radius 1 is 0.596 bits per heavy atom. The fourth-order valence-corrected chi connectivity index (χ4v) is 4.89. The molecule has 0 amide bonds. The Hall–Kier alpha value is -3.01. The average Bonchev–Trinajstić information content (AvgIpc) is 3.09. The van der Waals surface area contributed by atoms with Gasteiger partial charge in [-0.3, -0.25) is 9.59 Å². The molecule has 0 fully saturated rings. The maximum atomic E-state index is 12.6. The van der Waals surface area contributed by atoms with E-state index in [9.17, 15) is 19.5 Å². The molecule has 0 bridgehead atoms. The number of aliphatic carboxylic acids is 1. The minimum atomic E-state index is -1.64. The van der Waals surface area contributed by atoms with Crippen molar-refractivity contribution in [3.63, 3.8) is 0 Å². The van der Waals surface area contributed by atoms with Gasteiger partial charge < -0.3 is 33.3 Å². The Labute approximate surface area is 316 Å². The van der Waals surface area contributed by atoms with Crippen LogP contribution in [-0.4, -0.2) is 82.3 Å². The first-order valence-electron chi connectivity index (χ1n) is 19.9. The van der Waals surface area contributed by atoms with Gasteiger partial charge in [0, 0.05) is 12.8 Å². The molecular formula is C43H73NO8. The summed E-state index contributed by atoms with van der Waals surface area (Å²) in [5.41, 5.74) is 0. The largest absolute Gasteiger partial charge is 0.545 e. The standard InChI is InChI=1S/C43H73NO8/c1-6-8-10-12-14-16-18-20-22-23-25-27-29-31-33-40(45)50-37-39(38-51-43(42(47)48)49-36-35-44(3,4)5)52-41(46)34-32-30-28-26-24-21-19-17-15-13-11-9-7-2/h9,11,15,17-18,20-21,24,28,30,39,43H,6-8,10,12-14,16,19,22-23,25-27,29,31-38H2,1-5H3/b11-9-,17-15-,20-18-,24-21-,30-28-. The van der Waals surface area contributed by atoms with Crippen molar-refractivity contribution in [2.24, 2.45) is 0 Å². The summed E-state index contributed by atoms with van der Waals surface area (Å²) in [7, 11) is 5.87. The van der Waals surface area contributed by atoms with Crippen LogP contribution in [-0.2, 0) is 33.3 Å². The molecule has 0 heterocycles. The molecule has 0 N–H and O–H groups in total. The number of hydrogen-bond donors (Lipinski definition) is 0. The molecule has 0 aliphatic heterocycles. The van der Waals surface area contributed by atoms with Crippen LogP contribution in [0.4, 0.5) is 0 Å². The molecule has 0 aromatic heterocycles. The van der Waals surface area contributed by atoms with Gasteiger partial charge in [-0.2, -0.15) is 0 Å². The summed E-state index contributed by atoms with van der Waals surface area (Å²) in [4.78, 5) is 36.7. The number of unbranched alkanes of at least 4 members (excludes halogenated alkanes) is 10. The van der Waals surface area contributed by atoms with E-state index < -0.39 is 30.3 Å². The molecule has 0 aromatic carbocycles. The van der Waals surface area contributed by atoms with Gasteiger partial charge in [0.1, 0.15) is 13.2 Å². The summed E-state index contributed by atoms with van der Waals surface area (Å²) in [6.45, 7) is 4.48. The quantitative estimate of drug-likeness (QED) is 0.0210. The van der Waals surface area contributed by atoms with Crippen molar-refractivity contribution in [2.75, 3.05) is 47.5 Å². The summed E-state index contributed by atoms with van der Waals surface area (Å²) >= 11 is 0. The summed E-state index contributed by atoms with van der Waals surface area (Å²) in [6.07, 6.45) is 37.0. The molecule has 9 nitrogen and oxygen atoms in total. The first-order chi connectivity index (χ1) is 25.1. The number of ether oxygens (including phenoxy) is 4. The Balaban J connectivity index is 4.64. The molecule has 0 saturated heterocycles. The lowest BCUT2D eigenvalue weighted by Gasteiger charge is -2.26. The number of carboxylic acids is 1. The Kier molecular flexibility index (Phi) is 33.0. The van der Waals surface area contributed by atoms with Crippen LogP contribution >= 0.6 is 0 Å². The van der Waals surface area contributed by atoms with Gasteiger partial charge in [-0.15, -0.1) is 0 Å². The third-order valence-electron chi connectivity index (χ3n) is 8.01. The average molecular weight is 732 g/mol. The van der Waals surface area contributed by atoms with Gasteiger partial charge in [-0.05, 0) is 64.2 Å². The predicted molar refractivity (Wildman–Crippen MR) is 209 cm³/mol. The number of carboxylic acid groups (broad SMARTS) is 1. The van der Waals surface area contributed by atoms with Crippen molar-refractivity contribution in [3.05, 3.63) is 60.8 Å². The Morgan fingerprint density at radius 3 is 1.71 bits per heavy atom. The molecule has 2 unspecified atom stereocenters. The van der Waals surface area contributed by atoms with Gasteiger partial charge in [0.15, 0.2) is 12.4 Å². The van der Waals surface area contributed by atoms with E-state index in [-0.39, 0.29) is 32.7 Å². The smallest absolute Gasteiger partial charge is 0.306 e. The molecular weight excluding hydrogens is 658 g/mol. The van der Waals surface area contributed by atoms with E-state index in [2.05, 4.69) is 62.5 Å². The maximum absolute atomic E-state index is 12.6. The van der Waals surface area contributed by atoms with Crippen LogP contribution in [0.1, 0.15) is 136 Å². The molecule has 298 valence electrons. The monoisotopic (exact) mass is 732 g/mol. The second-order valence-corrected chi connectivity index (χ2v) is 14.2. The first-order valence-corrected chi connectivity index (χ1v) is 19.9. The summed E-state index contributed by atoms with van der Waals surface area (Å²) in [6, 6.07) is 0. The molecule has 52 heavy (non-hydrogen) atoms. The van der Waals surface area contributed by atoms with Crippen LogP contribution in [0.15, 0.2) is 60.8 Å². The van der Waals surface area contributed by atoms with Gasteiger partial charge in [-0.1, -0.05) is 120 Å². The zero-order chi connectivity index (χ0) is 38.5. The third-order valence-corrected chi connectivity index (χ3v) is 8.01. The number of esters is 2. The number of hydrogen-bond acceptors (Lipinski definition) is 8. The molecule has 0 saturated carbocycles. The van der Waals surface area contributed by atoms with Crippen molar-refractivity contribution in [1.82, 2.24) is 0 Å². The minimum Gasteiger partial charge on any atom is -0.545 e.